The summed E-state index contributed by atoms with van der Waals surface area (Å²) in [6.07, 6.45) is 8.04. The van der Waals surface area contributed by atoms with Crippen molar-refractivity contribution in [2.24, 2.45) is 0 Å². The van der Waals surface area contributed by atoms with E-state index in [0.717, 1.165) is 0 Å². The van der Waals surface area contributed by atoms with Gasteiger partial charge >= 0.3 is 0 Å². The molecule has 86 valence electrons. The Labute approximate surface area is 94.5 Å². The van der Waals surface area contributed by atoms with Gasteiger partial charge in [-0.25, -0.2) is 0 Å². The van der Waals surface area contributed by atoms with Crippen LogP contribution in [-0.2, 0) is 6.54 Å². The van der Waals surface area contributed by atoms with Gasteiger partial charge in [-0.3, -0.25) is 9.48 Å². The Balaban J connectivity index is 2.65. The van der Waals surface area contributed by atoms with E-state index in [-0.39, 0.29) is 12.5 Å². The van der Waals surface area contributed by atoms with Gasteiger partial charge in [0.15, 0.2) is 0 Å². The second-order valence-electron chi connectivity index (χ2n) is 4.13. The van der Waals surface area contributed by atoms with Gasteiger partial charge in [-0.05, 0) is 13.8 Å². The summed E-state index contributed by atoms with van der Waals surface area (Å²) in [7, 11) is 0. The Kier molecular flexibility index (Phi) is 3.69. The van der Waals surface area contributed by atoms with Crippen LogP contribution >= 0.6 is 0 Å². The number of aromatic nitrogens is 2. The first-order chi connectivity index (χ1) is 7.42. The van der Waals surface area contributed by atoms with E-state index >= 15 is 0 Å². The monoisotopic (exact) mass is 221 g/mol. The van der Waals surface area contributed by atoms with Crippen LogP contribution in [0.15, 0.2) is 12.4 Å². The number of rotatable bonds is 4. The minimum Gasteiger partial charge on any atom is -0.389 e. The number of carbonyl (C=O) groups is 1. The molecule has 0 aromatic carbocycles. The smallest absolute Gasteiger partial charge is 0.255 e. The molecule has 0 fully saturated rings. The maximum absolute atomic E-state index is 11.5. The molecule has 5 heteroatoms. The molecule has 1 heterocycles. The third-order valence-electron chi connectivity index (χ3n) is 1.80. The third kappa shape index (κ3) is 3.75. The highest BCUT2D eigenvalue weighted by Crippen LogP contribution is 2.06. The zero-order chi connectivity index (χ0) is 12.2. The molecule has 0 radical (unpaired) electrons. The second-order valence-corrected chi connectivity index (χ2v) is 4.13. The first-order valence-corrected chi connectivity index (χ1v) is 4.89. The Morgan fingerprint density at radius 2 is 2.44 bits per heavy atom. The van der Waals surface area contributed by atoms with Crippen molar-refractivity contribution in [1.82, 2.24) is 15.1 Å². The summed E-state index contributed by atoms with van der Waals surface area (Å²) >= 11 is 0. The third-order valence-corrected chi connectivity index (χ3v) is 1.80. The molecule has 1 aromatic heterocycles. The van der Waals surface area contributed by atoms with Crippen molar-refractivity contribution in [1.29, 1.82) is 0 Å². The molecular formula is C11H15N3O2. The molecule has 0 aliphatic heterocycles. The van der Waals surface area contributed by atoms with Gasteiger partial charge in [-0.15, -0.1) is 6.42 Å². The molecule has 0 aliphatic rings. The molecule has 5 nitrogen and oxygen atoms in total. The minimum atomic E-state index is -0.863. The normalized spacial score (nSPS) is 10.9. The van der Waals surface area contributed by atoms with Gasteiger partial charge in [0.05, 0.1) is 30.5 Å². The minimum absolute atomic E-state index is 0.190. The fourth-order valence-electron chi connectivity index (χ4n) is 1.20. The molecule has 0 spiro atoms. The molecule has 0 saturated carbocycles. The molecule has 1 amide bonds. The van der Waals surface area contributed by atoms with Crippen LogP contribution in [0.3, 0.4) is 0 Å². The van der Waals surface area contributed by atoms with Crippen molar-refractivity contribution < 1.29 is 9.90 Å². The molecule has 1 aromatic rings. The standard InChI is InChI=1S/C11H15N3O2/c1-4-5-12-10(15)9-6-13-14(7-9)8-11(2,3)16/h1,6-7,16H,5,8H2,2-3H3,(H,12,15). The summed E-state index contributed by atoms with van der Waals surface area (Å²) in [6, 6.07) is 0. The second kappa shape index (κ2) is 4.81. The summed E-state index contributed by atoms with van der Waals surface area (Å²) in [6.45, 7) is 3.87. The molecule has 0 saturated heterocycles. The van der Waals surface area contributed by atoms with Crippen LogP contribution in [0.5, 0.6) is 0 Å². The SMILES string of the molecule is C#CCNC(=O)c1cnn(CC(C)(C)O)c1. The molecule has 16 heavy (non-hydrogen) atoms. The van der Waals surface area contributed by atoms with E-state index in [1.807, 2.05) is 0 Å². The lowest BCUT2D eigenvalue weighted by Gasteiger charge is -2.16. The fourth-order valence-corrected chi connectivity index (χ4v) is 1.20. The van der Waals surface area contributed by atoms with E-state index in [9.17, 15) is 9.90 Å². The van der Waals surface area contributed by atoms with Crippen molar-refractivity contribution in [3.63, 3.8) is 0 Å². The summed E-state index contributed by atoms with van der Waals surface area (Å²) in [5, 5.41) is 16.1. The van der Waals surface area contributed by atoms with E-state index in [4.69, 9.17) is 6.42 Å². The number of nitrogens with one attached hydrogen (secondary N) is 1. The number of nitrogens with zero attached hydrogens (tertiary/aromatic N) is 2. The number of terminal acetylenes is 1. The van der Waals surface area contributed by atoms with E-state index in [2.05, 4.69) is 16.3 Å². The van der Waals surface area contributed by atoms with E-state index in [1.54, 1.807) is 20.0 Å². The highest BCUT2D eigenvalue weighted by Gasteiger charge is 2.15. The topological polar surface area (TPSA) is 67.2 Å². The molecule has 2 N–H and O–H groups in total. The Morgan fingerprint density at radius 3 is 3.00 bits per heavy atom. The van der Waals surface area contributed by atoms with Gasteiger partial charge in [-0.2, -0.15) is 5.10 Å². The Bertz CT molecular complexity index is 410. The van der Waals surface area contributed by atoms with Gasteiger partial charge in [0.25, 0.3) is 5.91 Å². The van der Waals surface area contributed by atoms with Crippen molar-refractivity contribution in [2.75, 3.05) is 6.54 Å². The van der Waals surface area contributed by atoms with Gasteiger partial charge in [0.2, 0.25) is 0 Å². The van der Waals surface area contributed by atoms with Crippen molar-refractivity contribution in [3.8, 4) is 12.3 Å². The van der Waals surface area contributed by atoms with Crippen molar-refractivity contribution >= 4 is 5.91 Å². The number of aliphatic hydroxyl groups is 1. The summed E-state index contributed by atoms with van der Waals surface area (Å²) in [5.74, 6) is 2.05. The summed E-state index contributed by atoms with van der Waals surface area (Å²) in [4.78, 5) is 11.5. The molecule has 0 aliphatic carbocycles. The van der Waals surface area contributed by atoms with Gasteiger partial charge in [0.1, 0.15) is 0 Å². The predicted octanol–water partition coefficient (Wildman–Crippen LogP) is 0.0170. The Hall–Kier alpha value is -1.80. The fraction of sp³-hybridized carbons (Fsp3) is 0.455. The summed E-state index contributed by atoms with van der Waals surface area (Å²) in [5.41, 5.74) is -0.432. The predicted molar refractivity (Wildman–Crippen MR) is 59.7 cm³/mol. The lowest BCUT2D eigenvalue weighted by Crippen LogP contribution is -2.26. The molecule has 0 atom stereocenters. The zero-order valence-electron chi connectivity index (χ0n) is 9.40. The quantitative estimate of drug-likeness (QED) is 0.704. The molecule has 1 rings (SSSR count). The van der Waals surface area contributed by atoms with E-state index in [1.165, 1.54) is 10.9 Å². The first kappa shape index (κ1) is 12.3. The number of amides is 1. The van der Waals surface area contributed by atoms with Crippen molar-refractivity contribution in [3.05, 3.63) is 18.0 Å². The van der Waals surface area contributed by atoms with Crippen LogP contribution in [0.1, 0.15) is 24.2 Å². The lowest BCUT2D eigenvalue weighted by molar-refractivity contribution is 0.0576. The first-order valence-electron chi connectivity index (χ1n) is 4.89. The molecule has 0 unspecified atom stereocenters. The molecular weight excluding hydrogens is 206 g/mol. The lowest BCUT2D eigenvalue weighted by atomic mass is 10.1. The number of hydrogen-bond donors (Lipinski definition) is 2. The van der Waals surface area contributed by atoms with Crippen LogP contribution < -0.4 is 5.32 Å². The van der Waals surface area contributed by atoms with E-state index < -0.39 is 5.60 Å². The van der Waals surface area contributed by atoms with Crippen LogP contribution in [0.25, 0.3) is 0 Å². The van der Waals surface area contributed by atoms with E-state index in [0.29, 0.717) is 12.1 Å². The van der Waals surface area contributed by atoms with Crippen LogP contribution in [-0.4, -0.2) is 32.9 Å². The highest BCUT2D eigenvalue weighted by molar-refractivity contribution is 5.93. The number of carbonyl (C=O) groups excluding carboxylic acids is 1. The maximum atomic E-state index is 11.5. The van der Waals surface area contributed by atoms with Gasteiger partial charge < -0.3 is 10.4 Å². The largest absolute Gasteiger partial charge is 0.389 e. The van der Waals surface area contributed by atoms with Gasteiger partial charge in [-0.1, -0.05) is 5.92 Å². The average Bonchev–Trinajstić information content (AvgIpc) is 2.59. The Morgan fingerprint density at radius 1 is 1.75 bits per heavy atom. The van der Waals surface area contributed by atoms with Gasteiger partial charge in [0, 0.05) is 6.20 Å². The highest BCUT2D eigenvalue weighted by atomic mass is 16.3. The van der Waals surface area contributed by atoms with Crippen LogP contribution in [0.4, 0.5) is 0 Å². The average molecular weight is 221 g/mol. The van der Waals surface area contributed by atoms with Crippen molar-refractivity contribution in [2.45, 2.75) is 26.0 Å². The maximum Gasteiger partial charge on any atom is 0.255 e. The zero-order valence-corrected chi connectivity index (χ0v) is 9.40. The van der Waals surface area contributed by atoms with Crippen LogP contribution in [0.2, 0.25) is 0 Å². The molecule has 0 bridgehead atoms. The summed E-state index contributed by atoms with van der Waals surface area (Å²) < 4.78 is 1.52. The van der Waals surface area contributed by atoms with Crippen LogP contribution in [0, 0.1) is 12.3 Å². The number of hydrogen-bond acceptors (Lipinski definition) is 3.